The van der Waals surface area contributed by atoms with Crippen LogP contribution in [0.25, 0.3) is 5.82 Å². The van der Waals surface area contributed by atoms with Crippen molar-refractivity contribution in [2.75, 3.05) is 0 Å². The summed E-state index contributed by atoms with van der Waals surface area (Å²) in [5, 5.41) is 11.8. The van der Waals surface area contributed by atoms with Crippen molar-refractivity contribution in [3.05, 3.63) is 40.8 Å². The van der Waals surface area contributed by atoms with E-state index in [2.05, 4.69) is 10.1 Å². The van der Waals surface area contributed by atoms with Crippen LogP contribution in [0.15, 0.2) is 24.5 Å². The predicted molar refractivity (Wildman–Crippen MR) is 58.3 cm³/mol. The van der Waals surface area contributed by atoms with E-state index in [0.717, 1.165) is 29.2 Å². The molecule has 0 unspecified atom stereocenters. The highest BCUT2D eigenvalue weighted by Crippen LogP contribution is 2.29. The molecular formula is C10H5ClF3N3O2. The van der Waals surface area contributed by atoms with Gasteiger partial charge in [-0.3, -0.25) is 0 Å². The van der Waals surface area contributed by atoms with E-state index in [-0.39, 0.29) is 16.4 Å². The number of halogens is 4. The Morgan fingerprint density at radius 1 is 1.37 bits per heavy atom. The molecule has 2 rings (SSSR count). The fourth-order valence-corrected chi connectivity index (χ4v) is 1.63. The topological polar surface area (TPSA) is 68.0 Å². The Morgan fingerprint density at radius 3 is 2.58 bits per heavy atom. The van der Waals surface area contributed by atoms with Crippen LogP contribution in [0, 0.1) is 0 Å². The second-order valence-electron chi connectivity index (χ2n) is 3.44. The Kier molecular flexibility index (Phi) is 3.19. The van der Waals surface area contributed by atoms with Crippen molar-refractivity contribution in [2.24, 2.45) is 0 Å². The standard InChI is InChI=1S/C10H5ClF3N3O2/c11-7-5(9(18)19)1-3-15-8(7)17-4-2-6(16-17)10(12,13)14/h1-4H,(H,18,19). The van der Waals surface area contributed by atoms with Crippen molar-refractivity contribution in [3.8, 4) is 5.82 Å². The minimum absolute atomic E-state index is 0.183. The molecule has 19 heavy (non-hydrogen) atoms. The maximum Gasteiger partial charge on any atom is 0.435 e. The third-order valence-electron chi connectivity index (χ3n) is 2.20. The molecule has 1 N–H and O–H groups in total. The summed E-state index contributed by atoms with van der Waals surface area (Å²) in [6.07, 6.45) is -2.47. The number of aromatic carboxylic acids is 1. The molecular weight excluding hydrogens is 287 g/mol. The fourth-order valence-electron chi connectivity index (χ4n) is 1.35. The van der Waals surface area contributed by atoms with Crippen LogP contribution in [0.5, 0.6) is 0 Å². The molecule has 0 aliphatic heterocycles. The van der Waals surface area contributed by atoms with Gasteiger partial charge in [0.05, 0.1) is 10.6 Å². The van der Waals surface area contributed by atoms with Crippen LogP contribution in [0.3, 0.4) is 0 Å². The van der Waals surface area contributed by atoms with Crippen molar-refractivity contribution in [2.45, 2.75) is 6.18 Å². The fraction of sp³-hybridized carbons (Fsp3) is 0.100. The second kappa shape index (κ2) is 4.54. The monoisotopic (exact) mass is 291 g/mol. The molecule has 2 aromatic rings. The van der Waals surface area contributed by atoms with Crippen molar-refractivity contribution < 1.29 is 23.1 Å². The summed E-state index contributed by atoms with van der Waals surface area (Å²) in [5.41, 5.74) is -1.39. The summed E-state index contributed by atoms with van der Waals surface area (Å²) in [6.45, 7) is 0. The molecule has 9 heteroatoms. The molecule has 0 aliphatic rings. The lowest BCUT2D eigenvalue weighted by molar-refractivity contribution is -0.141. The van der Waals surface area contributed by atoms with Crippen LogP contribution in [-0.2, 0) is 6.18 Å². The molecule has 0 fully saturated rings. The van der Waals surface area contributed by atoms with E-state index in [0.29, 0.717) is 0 Å². The molecule has 5 nitrogen and oxygen atoms in total. The SMILES string of the molecule is O=C(O)c1ccnc(-n2ccc(C(F)(F)F)n2)c1Cl. The molecule has 0 saturated heterocycles. The molecule has 2 aromatic heterocycles. The van der Waals surface area contributed by atoms with Crippen LogP contribution in [0.1, 0.15) is 16.1 Å². The lowest BCUT2D eigenvalue weighted by atomic mass is 10.2. The van der Waals surface area contributed by atoms with E-state index in [4.69, 9.17) is 16.7 Å². The van der Waals surface area contributed by atoms with Gasteiger partial charge in [0.2, 0.25) is 0 Å². The number of hydrogen-bond acceptors (Lipinski definition) is 3. The van der Waals surface area contributed by atoms with Crippen molar-refractivity contribution in [3.63, 3.8) is 0 Å². The zero-order valence-electron chi connectivity index (χ0n) is 9.02. The first-order valence-corrected chi connectivity index (χ1v) is 5.19. The van der Waals surface area contributed by atoms with Gasteiger partial charge in [0.15, 0.2) is 11.5 Å². The Bertz CT molecular complexity index is 639. The van der Waals surface area contributed by atoms with Crippen LogP contribution in [-0.4, -0.2) is 25.8 Å². The smallest absolute Gasteiger partial charge is 0.435 e. The number of alkyl halides is 3. The Labute approximate surface area is 109 Å². The minimum atomic E-state index is -4.60. The first kappa shape index (κ1) is 13.3. The molecule has 0 atom stereocenters. The third kappa shape index (κ3) is 2.53. The van der Waals surface area contributed by atoms with Gasteiger partial charge < -0.3 is 5.11 Å². The summed E-state index contributed by atoms with van der Waals surface area (Å²) >= 11 is 5.78. The normalized spacial score (nSPS) is 11.6. The van der Waals surface area contributed by atoms with Gasteiger partial charge in [-0.25, -0.2) is 14.5 Å². The van der Waals surface area contributed by atoms with Crippen molar-refractivity contribution >= 4 is 17.6 Å². The average molecular weight is 292 g/mol. The highest BCUT2D eigenvalue weighted by atomic mass is 35.5. The quantitative estimate of drug-likeness (QED) is 0.923. The number of nitrogens with zero attached hydrogens (tertiary/aromatic N) is 3. The maximum atomic E-state index is 12.4. The van der Waals surface area contributed by atoms with Gasteiger partial charge in [-0.05, 0) is 12.1 Å². The Morgan fingerprint density at radius 2 is 2.05 bits per heavy atom. The largest absolute Gasteiger partial charge is 0.478 e. The van der Waals surface area contributed by atoms with Crippen LogP contribution in [0.4, 0.5) is 13.2 Å². The third-order valence-corrected chi connectivity index (χ3v) is 2.57. The lowest BCUT2D eigenvalue weighted by Gasteiger charge is -2.06. The van der Waals surface area contributed by atoms with E-state index in [9.17, 15) is 18.0 Å². The van der Waals surface area contributed by atoms with Crippen LogP contribution < -0.4 is 0 Å². The molecule has 0 bridgehead atoms. The van der Waals surface area contributed by atoms with E-state index in [1.807, 2.05) is 0 Å². The zero-order valence-corrected chi connectivity index (χ0v) is 9.77. The van der Waals surface area contributed by atoms with Gasteiger partial charge in [-0.15, -0.1) is 0 Å². The molecule has 2 heterocycles. The number of carbonyl (C=O) groups is 1. The summed E-state index contributed by atoms with van der Waals surface area (Å²) in [7, 11) is 0. The Balaban J connectivity index is 2.51. The van der Waals surface area contributed by atoms with Gasteiger partial charge >= 0.3 is 12.1 Å². The van der Waals surface area contributed by atoms with Crippen molar-refractivity contribution in [1.82, 2.24) is 14.8 Å². The van der Waals surface area contributed by atoms with Gasteiger partial charge in [0.25, 0.3) is 0 Å². The van der Waals surface area contributed by atoms with E-state index >= 15 is 0 Å². The van der Waals surface area contributed by atoms with Crippen LogP contribution >= 0.6 is 11.6 Å². The number of rotatable bonds is 2. The number of carboxylic acid groups (broad SMARTS) is 1. The first-order chi connectivity index (χ1) is 8.80. The van der Waals surface area contributed by atoms with E-state index in [1.54, 1.807) is 0 Å². The molecule has 0 aromatic carbocycles. The first-order valence-electron chi connectivity index (χ1n) is 4.81. The summed E-state index contributed by atoms with van der Waals surface area (Å²) < 4.78 is 38.0. The van der Waals surface area contributed by atoms with Gasteiger partial charge in [0, 0.05) is 12.4 Å². The van der Waals surface area contributed by atoms with E-state index in [1.165, 1.54) is 0 Å². The van der Waals surface area contributed by atoms with E-state index < -0.39 is 17.8 Å². The van der Waals surface area contributed by atoms with Gasteiger partial charge in [-0.1, -0.05) is 11.6 Å². The summed E-state index contributed by atoms with van der Waals surface area (Å²) in [6, 6.07) is 1.88. The molecule has 0 radical (unpaired) electrons. The average Bonchev–Trinajstić information content (AvgIpc) is 2.77. The van der Waals surface area contributed by atoms with Crippen LogP contribution in [0.2, 0.25) is 5.02 Å². The zero-order chi connectivity index (χ0) is 14.2. The number of hydrogen-bond donors (Lipinski definition) is 1. The van der Waals surface area contributed by atoms with Gasteiger partial charge in [0.1, 0.15) is 0 Å². The highest BCUT2D eigenvalue weighted by molar-refractivity contribution is 6.35. The van der Waals surface area contributed by atoms with Gasteiger partial charge in [-0.2, -0.15) is 18.3 Å². The number of aromatic nitrogens is 3. The second-order valence-corrected chi connectivity index (χ2v) is 3.82. The predicted octanol–water partition coefficient (Wildman–Crippen LogP) is 2.64. The maximum absolute atomic E-state index is 12.4. The molecule has 0 saturated carbocycles. The molecule has 0 aliphatic carbocycles. The summed E-state index contributed by atoms with van der Waals surface area (Å²) in [4.78, 5) is 14.6. The van der Waals surface area contributed by atoms with Crippen molar-refractivity contribution in [1.29, 1.82) is 0 Å². The number of pyridine rings is 1. The molecule has 0 spiro atoms. The highest BCUT2D eigenvalue weighted by Gasteiger charge is 2.34. The Hall–Kier alpha value is -2.09. The summed E-state index contributed by atoms with van der Waals surface area (Å²) in [5.74, 6) is -1.49. The molecule has 100 valence electrons. The number of carboxylic acids is 1. The lowest BCUT2D eigenvalue weighted by Crippen LogP contribution is -2.09. The minimum Gasteiger partial charge on any atom is -0.478 e. The molecule has 0 amide bonds.